The lowest BCUT2D eigenvalue weighted by atomic mass is 10.1. The van der Waals surface area contributed by atoms with E-state index in [1.54, 1.807) is 7.11 Å². The molecule has 3 fully saturated rings. The van der Waals surface area contributed by atoms with Crippen molar-refractivity contribution in [2.75, 3.05) is 13.7 Å². The van der Waals surface area contributed by atoms with Crippen molar-refractivity contribution in [1.82, 2.24) is 20.1 Å². The maximum atomic E-state index is 12.8. The standard InChI is InChI=1S/C16H22N4O2/c1-22-12-6-14(16-17-9-18-19-16)20(8-12)15(21)7-13(10-2-3-10)11-4-5-11/h7,9-12,14H,2-6,8H2,1H3,(H,17,18,19)/t12-,14+/m1/s1. The summed E-state index contributed by atoms with van der Waals surface area (Å²) in [5.41, 5.74) is 1.39. The molecular weight excluding hydrogens is 280 g/mol. The lowest BCUT2D eigenvalue weighted by Gasteiger charge is -2.21. The Balaban J connectivity index is 1.55. The van der Waals surface area contributed by atoms with Gasteiger partial charge in [-0.25, -0.2) is 4.98 Å². The molecule has 1 amide bonds. The van der Waals surface area contributed by atoms with E-state index >= 15 is 0 Å². The molecule has 0 aromatic carbocycles. The van der Waals surface area contributed by atoms with Crippen molar-refractivity contribution in [3.63, 3.8) is 0 Å². The van der Waals surface area contributed by atoms with Gasteiger partial charge >= 0.3 is 0 Å². The average Bonchev–Trinajstić information content (AvgIpc) is 3.44. The van der Waals surface area contributed by atoms with Crippen LogP contribution in [-0.4, -0.2) is 45.7 Å². The summed E-state index contributed by atoms with van der Waals surface area (Å²) < 4.78 is 5.47. The molecule has 0 unspecified atom stereocenters. The number of allylic oxidation sites excluding steroid dienone is 1. The summed E-state index contributed by atoms with van der Waals surface area (Å²) in [5.74, 6) is 2.19. The van der Waals surface area contributed by atoms with E-state index in [9.17, 15) is 4.79 Å². The highest BCUT2D eigenvalue weighted by molar-refractivity contribution is 5.89. The van der Waals surface area contributed by atoms with Crippen molar-refractivity contribution >= 4 is 5.91 Å². The van der Waals surface area contributed by atoms with Crippen LogP contribution in [0.15, 0.2) is 18.0 Å². The first kappa shape index (κ1) is 13.9. The van der Waals surface area contributed by atoms with Gasteiger partial charge in [0.1, 0.15) is 12.2 Å². The van der Waals surface area contributed by atoms with E-state index < -0.39 is 0 Å². The van der Waals surface area contributed by atoms with Crippen LogP contribution in [0.3, 0.4) is 0 Å². The van der Waals surface area contributed by atoms with Gasteiger partial charge in [0.15, 0.2) is 0 Å². The van der Waals surface area contributed by atoms with Gasteiger partial charge in [0, 0.05) is 26.2 Å². The third kappa shape index (κ3) is 2.67. The molecule has 1 saturated heterocycles. The van der Waals surface area contributed by atoms with E-state index in [4.69, 9.17) is 4.74 Å². The number of H-pyrrole nitrogens is 1. The minimum atomic E-state index is -0.0594. The molecule has 0 spiro atoms. The molecule has 2 atom stereocenters. The van der Waals surface area contributed by atoms with Gasteiger partial charge < -0.3 is 9.64 Å². The normalized spacial score (nSPS) is 28.0. The molecule has 1 aromatic rings. The average molecular weight is 302 g/mol. The maximum Gasteiger partial charge on any atom is 0.247 e. The number of carbonyl (C=O) groups is 1. The number of rotatable bonds is 5. The Morgan fingerprint density at radius 2 is 2.09 bits per heavy atom. The predicted molar refractivity (Wildman–Crippen MR) is 79.8 cm³/mol. The molecule has 4 rings (SSSR count). The van der Waals surface area contributed by atoms with Gasteiger partial charge in [-0.3, -0.25) is 9.89 Å². The molecule has 118 valence electrons. The van der Waals surface area contributed by atoms with E-state index in [-0.39, 0.29) is 18.1 Å². The lowest BCUT2D eigenvalue weighted by molar-refractivity contribution is -0.127. The van der Waals surface area contributed by atoms with Gasteiger partial charge in [0.05, 0.1) is 12.1 Å². The van der Waals surface area contributed by atoms with Crippen LogP contribution in [0.5, 0.6) is 0 Å². The minimum absolute atomic E-state index is 0.0594. The largest absolute Gasteiger partial charge is 0.380 e. The fourth-order valence-corrected chi connectivity index (χ4v) is 3.47. The Morgan fingerprint density at radius 1 is 1.36 bits per heavy atom. The van der Waals surface area contributed by atoms with Crippen molar-refractivity contribution in [1.29, 1.82) is 0 Å². The molecule has 3 aliphatic rings. The quantitative estimate of drug-likeness (QED) is 0.843. The number of carbonyl (C=O) groups excluding carboxylic acids is 1. The summed E-state index contributed by atoms with van der Waals surface area (Å²) in [7, 11) is 1.70. The van der Waals surface area contributed by atoms with Crippen molar-refractivity contribution in [3.8, 4) is 0 Å². The summed E-state index contributed by atoms with van der Waals surface area (Å²) in [6.07, 6.45) is 9.25. The number of ether oxygens (including phenoxy) is 1. The fourth-order valence-electron chi connectivity index (χ4n) is 3.47. The molecule has 22 heavy (non-hydrogen) atoms. The van der Waals surface area contributed by atoms with Crippen LogP contribution in [0.4, 0.5) is 0 Å². The second kappa shape index (κ2) is 5.50. The summed E-state index contributed by atoms with van der Waals surface area (Å²) >= 11 is 0. The number of amides is 1. The van der Waals surface area contributed by atoms with Gasteiger partial charge in [0.2, 0.25) is 5.91 Å². The van der Waals surface area contributed by atoms with E-state index in [2.05, 4.69) is 15.2 Å². The highest BCUT2D eigenvalue weighted by Crippen LogP contribution is 2.49. The van der Waals surface area contributed by atoms with Crippen molar-refractivity contribution in [2.24, 2.45) is 11.8 Å². The first-order valence-corrected chi connectivity index (χ1v) is 8.16. The van der Waals surface area contributed by atoms with Crippen molar-refractivity contribution in [3.05, 3.63) is 23.8 Å². The minimum Gasteiger partial charge on any atom is -0.380 e. The number of methoxy groups -OCH3 is 1. The second-order valence-corrected chi connectivity index (χ2v) is 6.66. The Kier molecular flexibility index (Phi) is 3.48. The van der Waals surface area contributed by atoms with Crippen LogP contribution < -0.4 is 0 Å². The molecule has 6 heteroatoms. The van der Waals surface area contributed by atoms with Crippen LogP contribution >= 0.6 is 0 Å². The van der Waals surface area contributed by atoms with E-state index in [0.717, 1.165) is 12.2 Å². The fraction of sp³-hybridized carbons (Fsp3) is 0.688. The molecule has 6 nitrogen and oxygen atoms in total. The van der Waals surface area contributed by atoms with E-state index in [1.165, 1.54) is 37.6 Å². The van der Waals surface area contributed by atoms with E-state index in [0.29, 0.717) is 18.4 Å². The number of likely N-dealkylation sites (tertiary alicyclic amines) is 1. The van der Waals surface area contributed by atoms with Gasteiger partial charge in [-0.05, 0) is 37.5 Å². The van der Waals surface area contributed by atoms with Gasteiger partial charge in [-0.15, -0.1) is 0 Å². The van der Waals surface area contributed by atoms with Gasteiger partial charge in [0.25, 0.3) is 0 Å². The summed E-state index contributed by atoms with van der Waals surface area (Å²) in [6.45, 7) is 0.625. The van der Waals surface area contributed by atoms with Crippen LogP contribution in [0, 0.1) is 11.8 Å². The number of aromatic amines is 1. The molecule has 0 radical (unpaired) electrons. The first-order valence-electron chi connectivity index (χ1n) is 8.16. The number of aromatic nitrogens is 3. The van der Waals surface area contributed by atoms with Gasteiger partial charge in [-0.1, -0.05) is 5.57 Å². The van der Waals surface area contributed by atoms with Crippen molar-refractivity contribution in [2.45, 2.75) is 44.2 Å². The molecule has 2 heterocycles. The Labute approximate surface area is 129 Å². The number of nitrogens with zero attached hydrogens (tertiary/aromatic N) is 3. The zero-order valence-corrected chi connectivity index (χ0v) is 12.9. The van der Waals surface area contributed by atoms with Crippen LogP contribution in [-0.2, 0) is 9.53 Å². The molecule has 2 saturated carbocycles. The topological polar surface area (TPSA) is 71.1 Å². The zero-order valence-electron chi connectivity index (χ0n) is 12.9. The Morgan fingerprint density at radius 3 is 2.64 bits per heavy atom. The summed E-state index contributed by atoms with van der Waals surface area (Å²) in [4.78, 5) is 18.9. The predicted octanol–water partition coefficient (Wildman–Crippen LogP) is 1.84. The van der Waals surface area contributed by atoms with Gasteiger partial charge in [-0.2, -0.15) is 5.10 Å². The number of hydrogen-bond donors (Lipinski definition) is 1. The third-order valence-electron chi connectivity index (χ3n) is 5.02. The molecule has 1 aliphatic heterocycles. The molecule has 2 aliphatic carbocycles. The molecule has 1 N–H and O–H groups in total. The smallest absolute Gasteiger partial charge is 0.247 e. The molecule has 1 aromatic heterocycles. The highest BCUT2D eigenvalue weighted by atomic mass is 16.5. The Bertz CT molecular complexity index is 561. The van der Waals surface area contributed by atoms with Crippen LogP contribution in [0.2, 0.25) is 0 Å². The number of nitrogens with one attached hydrogen (secondary N) is 1. The van der Waals surface area contributed by atoms with Crippen molar-refractivity contribution < 1.29 is 9.53 Å². The molecular formula is C16H22N4O2. The van der Waals surface area contributed by atoms with E-state index in [1.807, 2.05) is 11.0 Å². The molecule has 0 bridgehead atoms. The first-order chi connectivity index (χ1) is 10.8. The monoisotopic (exact) mass is 302 g/mol. The number of hydrogen-bond acceptors (Lipinski definition) is 4. The van der Waals surface area contributed by atoms with Crippen LogP contribution in [0.1, 0.15) is 44.0 Å². The SMILES string of the molecule is CO[C@@H]1C[C@@H](c2ncn[nH]2)N(C(=O)C=C(C2CC2)C2CC2)C1. The highest BCUT2D eigenvalue weighted by Gasteiger charge is 2.40. The Hall–Kier alpha value is -1.69. The lowest BCUT2D eigenvalue weighted by Crippen LogP contribution is -2.31. The maximum absolute atomic E-state index is 12.8. The zero-order chi connectivity index (χ0) is 15.1. The third-order valence-corrected chi connectivity index (χ3v) is 5.02. The summed E-state index contributed by atoms with van der Waals surface area (Å²) in [5, 5.41) is 6.82. The van der Waals surface area contributed by atoms with Crippen LogP contribution in [0.25, 0.3) is 0 Å². The second-order valence-electron chi connectivity index (χ2n) is 6.66. The summed E-state index contributed by atoms with van der Waals surface area (Å²) in [6, 6.07) is -0.0594.